The van der Waals surface area contributed by atoms with Crippen molar-refractivity contribution in [1.29, 1.82) is 0 Å². The van der Waals surface area contributed by atoms with Gasteiger partial charge in [-0.05, 0) is 41.6 Å². The summed E-state index contributed by atoms with van der Waals surface area (Å²) < 4.78 is 5.76. The van der Waals surface area contributed by atoms with Crippen molar-refractivity contribution in [2.75, 3.05) is 0 Å². The Labute approximate surface area is 121 Å². The molecule has 4 rings (SSSR count). The van der Waals surface area contributed by atoms with E-state index in [1.54, 1.807) is 0 Å². The summed E-state index contributed by atoms with van der Waals surface area (Å²) in [7, 11) is 0. The third-order valence-corrected chi connectivity index (χ3v) is 5.76. The predicted molar refractivity (Wildman–Crippen MR) is 79.2 cm³/mol. The first-order valence-electron chi connectivity index (χ1n) is 7.72. The van der Waals surface area contributed by atoms with Gasteiger partial charge in [0.2, 0.25) is 0 Å². The summed E-state index contributed by atoms with van der Waals surface area (Å²) in [5.41, 5.74) is 1.48. The topological polar surface area (TPSA) is 26.3 Å². The average Bonchev–Trinajstić information content (AvgIpc) is 2.41. The second-order valence-corrected chi connectivity index (χ2v) is 7.15. The number of benzene rings is 1. The summed E-state index contributed by atoms with van der Waals surface area (Å²) in [6.45, 7) is 6.98. The lowest BCUT2D eigenvalue weighted by Crippen LogP contribution is -2.57. The SMILES string of the molecule is C[C@@H]1[C@H]2C[C@@H](C[C@H]1OC(=O)Cc1ccccc1)C2(C)C. The molecule has 3 aliphatic rings. The van der Waals surface area contributed by atoms with Crippen molar-refractivity contribution in [1.82, 2.24) is 0 Å². The lowest BCUT2D eigenvalue weighted by molar-refractivity contribution is -0.185. The molecule has 3 aliphatic carbocycles. The summed E-state index contributed by atoms with van der Waals surface area (Å²) in [6, 6.07) is 9.85. The van der Waals surface area contributed by atoms with Crippen LogP contribution in [0.2, 0.25) is 0 Å². The number of carbonyl (C=O) groups is 1. The van der Waals surface area contributed by atoms with Gasteiger partial charge in [-0.15, -0.1) is 0 Å². The minimum atomic E-state index is -0.0767. The van der Waals surface area contributed by atoms with Gasteiger partial charge in [-0.25, -0.2) is 0 Å². The van der Waals surface area contributed by atoms with Crippen molar-refractivity contribution in [3.63, 3.8) is 0 Å². The second kappa shape index (κ2) is 4.91. The van der Waals surface area contributed by atoms with E-state index in [0.29, 0.717) is 17.8 Å². The number of fused-ring (bicyclic) bond motifs is 2. The highest BCUT2D eigenvalue weighted by Crippen LogP contribution is 2.61. The molecule has 0 aromatic heterocycles. The maximum absolute atomic E-state index is 12.1. The van der Waals surface area contributed by atoms with Gasteiger partial charge in [-0.1, -0.05) is 51.1 Å². The van der Waals surface area contributed by atoms with Gasteiger partial charge in [0.25, 0.3) is 0 Å². The van der Waals surface area contributed by atoms with E-state index in [2.05, 4.69) is 20.8 Å². The molecule has 0 N–H and O–H groups in total. The third-order valence-electron chi connectivity index (χ3n) is 5.76. The van der Waals surface area contributed by atoms with E-state index >= 15 is 0 Å². The summed E-state index contributed by atoms with van der Waals surface area (Å²) in [5, 5.41) is 0. The monoisotopic (exact) mass is 272 g/mol. The quantitative estimate of drug-likeness (QED) is 0.781. The van der Waals surface area contributed by atoms with Crippen LogP contribution in [0.1, 0.15) is 39.2 Å². The van der Waals surface area contributed by atoms with E-state index in [4.69, 9.17) is 4.74 Å². The first-order chi connectivity index (χ1) is 9.48. The average molecular weight is 272 g/mol. The third kappa shape index (κ3) is 2.25. The highest BCUT2D eigenvalue weighted by atomic mass is 16.5. The number of ether oxygens (including phenoxy) is 1. The van der Waals surface area contributed by atoms with Crippen molar-refractivity contribution in [2.45, 2.75) is 46.1 Å². The molecule has 20 heavy (non-hydrogen) atoms. The normalized spacial score (nSPS) is 34.1. The molecule has 0 amide bonds. The van der Waals surface area contributed by atoms with Crippen LogP contribution in [0.4, 0.5) is 0 Å². The molecule has 3 saturated carbocycles. The molecule has 4 atom stereocenters. The van der Waals surface area contributed by atoms with Crippen LogP contribution in [0.15, 0.2) is 30.3 Å². The Hall–Kier alpha value is -1.31. The Morgan fingerprint density at radius 3 is 2.55 bits per heavy atom. The highest BCUT2D eigenvalue weighted by molar-refractivity contribution is 5.72. The summed E-state index contributed by atoms with van der Waals surface area (Å²) >= 11 is 0. The number of hydrogen-bond donors (Lipinski definition) is 0. The second-order valence-electron chi connectivity index (χ2n) is 7.15. The smallest absolute Gasteiger partial charge is 0.310 e. The van der Waals surface area contributed by atoms with Crippen LogP contribution in [0.3, 0.4) is 0 Å². The van der Waals surface area contributed by atoms with Gasteiger partial charge < -0.3 is 4.74 Å². The largest absolute Gasteiger partial charge is 0.462 e. The Bertz CT molecular complexity index is 491. The van der Waals surface area contributed by atoms with E-state index in [9.17, 15) is 4.79 Å². The minimum Gasteiger partial charge on any atom is -0.462 e. The van der Waals surface area contributed by atoms with E-state index in [0.717, 1.165) is 23.8 Å². The molecule has 2 nitrogen and oxygen atoms in total. The Kier molecular flexibility index (Phi) is 3.35. The van der Waals surface area contributed by atoms with Crippen molar-refractivity contribution < 1.29 is 9.53 Å². The molecule has 0 radical (unpaired) electrons. The van der Waals surface area contributed by atoms with Crippen LogP contribution >= 0.6 is 0 Å². The Balaban J connectivity index is 1.58. The molecule has 108 valence electrons. The lowest BCUT2D eigenvalue weighted by atomic mass is 9.45. The molecule has 2 bridgehead atoms. The van der Waals surface area contributed by atoms with Gasteiger partial charge >= 0.3 is 5.97 Å². The fraction of sp³-hybridized carbons (Fsp3) is 0.611. The molecule has 0 aliphatic heterocycles. The fourth-order valence-corrected chi connectivity index (χ4v) is 4.23. The van der Waals surface area contributed by atoms with Crippen LogP contribution in [-0.4, -0.2) is 12.1 Å². The van der Waals surface area contributed by atoms with Crippen molar-refractivity contribution >= 4 is 5.97 Å². The van der Waals surface area contributed by atoms with Gasteiger partial charge in [-0.2, -0.15) is 0 Å². The van der Waals surface area contributed by atoms with Gasteiger partial charge in [0, 0.05) is 0 Å². The fourth-order valence-electron chi connectivity index (χ4n) is 4.23. The molecule has 0 saturated heterocycles. The van der Waals surface area contributed by atoms with E-state index in [1.165, 1.54) is 6.42 Å². The number of rotatable bonds is 3. The zero-order valence-corrected chi connectivity index (χ0v) is 12.6. The van der Waals surface area contributed by atoms with Crippen LogP contribution in [0.25, 0.3) is 0 Å². The van der Waals surface area contributed by atoms with Crippen molar-refractivity contribution in [2.24, 2.45) is 23.2 Å². The predicted octanol–water partition coefficient (Wildman–Crippen LogP) is 3.84. The molecule has 0 unspecified atom stereocenters. The first kappa shape index (κ1) is 13.7. The van der Waals surface area contributed by atoms with Crippen molar-refractivity contribution in [3.05, 3.63) is 35.9 Å². The molecule has 2 heteroatoms. The van der Waals surface area contributed by atoms with Gasteiger partial charge in [0.05, 0.1) is 6.42 Å². The standard InChI is InChI=1S/C18H24O2/c1-12-15-10-14(18(15,2)3)11-16(12)20-17(19)9-13-7-5-4-6-8-13/h4-8,12,14-16H,9-11H2,1-3H3/t12-,14+,15-,16-/m1/s1. The maximum Gasteiger partial charge on any atom is 0.310 e. The maximum atomic E-state index is 12.1. The van der Waals surface area contributed by atoms with Crippen LogP contribution in [-0.2, 0) is 16.0 Å². The first-order valence-corrected chi connectivity index (χ1v) is 7.72. The van der Waals surface area contributed by atoms with Gasteiger partial charge in [-0.3, -0.25) is 4.79 Å². The van der Waals surface area contributed by atoms with Gasteiger partial charge in [0.1, 0.15) is 6.10 Å². The Morgan fingerprint density at radius 2 is 1.95 bits per heavy atom. The van der Waals surface area contributed by atoms with Crippen molar-refractivity contribution in [3.8, 4) is 0 Å². The van der Waals surface area contributed by atoms with Crippen LogP contribution < -0.4 is 0 Å². The molecular weight excluding hydrogens is 248 g/mol. The number of esters is 1. The number of hydrogen-bond acceptors (Lipinski definition) is 2. The van der Waals surface area contributed by atoms with Crippen LogP contribution in [0, 0.1) is 23.2 Å². The van der Waals surface area contributed by atoms with E-state index in [-0.39, 0.29) is 12.1 Å². The molecular formula is C18H24O2. The number of carbonyl (C=O) groups excluding carboxylic acids is 1. The highest BCUT2D eigenvalue weighted by Gasteiger charge is 2.57. The molecule has 3 fully saturated rings. The lowest BCUT2D eigenvalue weighted by Gasteiger charge is -2.61. The Morgan fingerprint density at radius 1 is 1.25 bits per heavy atom. The zero-order valence-electron chi connectivity index (χ0n) is 12.6. The van der Waals surface area contributed by atoms with E-state index < -0.39 is 0 Å². The molecule has 0 spiro atoms. The molecule has 1 aromatic rings. The summed E-state index contributed by atoms with van der Waals surface area (Å²) in [5.74, 6) is 1.87. The van der Waals surface area contributed by atoms with Gasteiger partial charge in [0.15, 0.2) is 0 Å². The minimum absolute atomic E-state index is 0.0767. The summed E-state index contributed by atoms with van der Waals surface area (Å²) in [4.78, 5) is 12.1. The van der Waals surface area contributed by atoms with Crippen LogP contribution in [0.5, 0.6) is 0 Å². The van der Waals surface area contributed by atoms with E-state index in [1.807, 2.05) is 30.3 Å². The summed E-state index contributed by atoms with van der Waals surface area (Å²) in [6.07, 6.45) is 2.89. The molecule has 1 aromatic carbocycles. The zero-order chi connectivity index (χ0) is 14.3. The molecule has 0 heterocycles.